The van der Waals surface area contributed by atoms with Crippen LogP contribution in [-0.4, -0.2) is 25.1 Å². The van der Waals surface area contributed by atoms with Gasteiger partial charge in [0.25, 0.3) is 5.91 Å². The van der Waals surface area contributed by atoms with Crippen LogP contribution in [0.2, 0.25) is 0 Å². The predicted octanol–water partition coefficient (Wildman–Crippen LogP) is 6.03. The standard InChI is InChI=1S/C31H29NO4/c1-3-30(33)36-20-19-35-27-17-13-24(14-18-27)21-23-11-15-26(16-12-23)31(34)32-22(2)28-10-6-8-25-7-4-5-9-29(25)28/h3-18,22H,1,19-21H2,2H3,(H,32,34)/t22-/m0/s1. The van der Waals surface area contributed by atoms with Gasteiger partial charge in [-0.15, -0.1) is 0 Å². The van der Waals surface area contributed by atoms with Crippen molar-refractivity contribution in [2.45, 2.75) is 19.4 Å². The van der Waals surface area contributed by atoms with Crippen LogP contribution in [-0.2, 0) is 16.0 Å². The molecule has 1 atom stereocenters. The molecule has 0 aromatic heterocycles. The first-order valence-corrected chi connectivity index (χ1v) is 11.9. The average Bonchev–Trinajstić information content (AvgIpc) is 2.91. The number of rotatable bonds is 10. The summed E-state index contributed by atoms with van der Waals surface area (Å²) in [6, 6.07) is 29.7. The number of hydrogen-bond acceptors (Lipinski definition) is 4. The van der Waals surface area contributed by atoms with Crippen LogP contribution in [0.15, 0.2) is 104 Å². The third-order valence-electron chi connectivity index (χ3n) is 5.95. The van der Waals surface area contributed by atoms with Crippen molar-refractivity contribution >= 4 is 22.6 Å². The Labute approximate surface area is 211 Å². The zero-order valence-electron chi connectivity index (χ0n) is 20.3. The Bertz CT molecular complexity index is 1340. The van der Waals surface area contributed by atoms with Crippen molar-refractivity contribution in [1.82, 2.24) is 5.32 Å². The third-order valence-corrected chi connectivity index (χ3v) is 5.95. The number of amides is 1. The van der Waals surface area contributed by atoms with E-state index in [-0.39, 0.29) is 25.2 Å². The van der Waals surface area contributed by atoms with Gasteiger partial charge in [-0.1, -0.05) is 73.3 Å². The summed E-state index contributed by atoms with van der Waals surface area (Å²) >= 11 is 0. The summed E-state index contributed by atoms with van der Waals surface area (Å²) in [5, 5.41) is 5.44. The van der Waals surface area contributed by atoms with Crippen LogP contribution in [0.4, 0.5) is 0 Å². The van der Waals surface area contributed by atoms with E-state index < -0.39 is 5.97 Å². The molecule has 0 aliphatic heterocycles. The van der Waals surface area contributed by atoms with Crippen LogP contribution < -0.4 is 10.1 Å². The third kappa shape index (κ3) is 6.39. The predicted molar refractivity (Wildman–Crippen MR) is 142 cm³/mol. The maximum absolute atomic E-state index is 12.9. The van der Waals surface area contributed by atoms with Gasteiger partial charge in [-0.2, -0.15) is 0 Å². The maximum atomic E-state index is 12.9. The molecule has 0 unspecified atom stereocenters. The van der Waals surface area contributed by atoms with E-state index in [0.717, 1.165) is 40.0 Å². The van der Waals surface area contributed by atoms with Crippen LogP contribution in [0.1, 0.15) is 40.0 Å². The van der Waals surface area contributed by atoms with Crippen LogP contribution in [0.5, 0.6) is 5.75 Å². The van der Waals surface area contributed by atoms with Crippen LogP contribution >= 0.6 is 0 Å². The van der Waals surface area contributed by atoms with E-state index in [1.165, 1.54) is 0 Å². The fourth-order valence-electron chi connectivity index (χ4n) is 4.06. The highest BCUT2D eigenvalue weighted by atomic mass is 16.6. The van der Waals surface area contributed by atoms with Crippen molar-refractivity contribution in [2.24, 2.45) is 0 Å². The van der Waals surface area contributed by atoms with Crippen molar-refractivity contribution in [3.63, 3.8) is 0 Å². The van der Waals surface area contributed by atoms with Gasteiger partial charge in [-0.3, -0.25) is 4.79 Å². The van der Waals surface area contributed by atoms with E-state index in [0.29, 0.717) is 11.3 Å². The van der Waals surface area contributed by atoms with E-state index in [4.69, 9.17) is 9.47 Å². The Morgan fingerprint density at radius 1 is 0.861 bits per heavy atom. The monoisotopic (exact) mass is 479 g/mol. The molecule has 0 aliphatic rings. The van der Waals surface area contributed by atoms with E-state index >= 15 is 0 Å². The summed E-state index contributed by atoms with van der Waals surface area (Å²) in [5.41, 5.74) is 3.97. The molecule has 4 aromatic rings. The maximum Gasteiger partial charge on any atom is 0.330 e. The molecule has 0 spiro atoms. The number of carbonyl (C=O) groups excluding carboxylic acids is 2. The fourth-order valence-corrected chi connectivity index (χ4v) is 4.06. The first-order chi connectivity index (χ1) is 17.5. The first-order valence-electron chi connectivity index (χ1n) is 11.9. The van der Waals surface area contributed by atoms with Gasteiger partial charge in [0.2, 0.25) is 0 Å². The summed E-state index contributed by atoms with van der Waals surface area (Å²) in [6.07, 6.45) is 1.87. The number of ether oxygens (including phenoxy) is 2. The molecular weight excluding hydrogens is 450 g/mol. The highest BCUT2D eigenvalue weighted by Gasteiger charge is 2.13. The van der Waals surface area contributed by atoms with Crippen molar-refractivity contribution in [1.29, 1.82) is 0 Å². The minimum atomic E-state index is -0.461. The molecule has 182 valence electrons. The number of nitrogens with one attached hydrogen (secondary N) is 1. The van der Waals surface area contributed by atoms with Gasteiger partial charge in [-0.25, -0.2) is 4.79 Å². The van der Waals surface area contributed by atoms with Gasteiger partial charge in [0, 0.05) is 11.6 Å². The molecule has 0 saturated carbocycles. The topological polar surface area (TPSA) is 64.6 Å². The SMILES string of the molecule is C=CC(=O)OCCOc1ccc(Cc2ccc(C(=O)N[C@@H](C)c3cccc4ccccc34)cc2)cc1. The zero-order chi connectivity index (χ0) is 25.3. The van der Waals surface area contributed by atoms with Crippen molar-refractivity contribution in [3.05, 3.63) is 126 Å². The van der Waals surface area contributed by atoms with E-state index in [1.807, 2.05) is 73.7 Å². The van der Waals surface area contributed by atoms with Gasteiger partial charge < -0.3 is 14.8 Å². The van der Waals surface area contributed by atoms with Gasteiger partial charge in [0.15, 0.2) is 0 Å². The molecule has 1 N–H and O–H groups in total. The van der Waals surface area contributed by atoms with Crippen molar-refractivity contribution < 1.29 is 19.1 Å². The highest BCUT2D eigenvalue weighted by molar-refractivity contribution is 5.95. The first kappa shape index (κ1) is 24.7. The minimum absolute atomic E-state index is 0.0951. The Balaban J connectivity index is 1.31. The molecule has 5 heteroatoms. The Morgan fingerprint density at radius 2 is 1.53 bits per heavy atom. The van der Waals surface area contributed by atoms with Crippen LogP contribution in [0.25, 0.3) is 10.8 Å². The number of carbonyl (C=O) groups is 2. The molecule has 4 aromatic carbocycles. The smallest absolute Gasteiger partial charge is 0.330 e. The Hall–Kier alpha value is -4.38. The van der Waals surface area contributed by atoms with E-state index in [2.05, 4.69) is 36.2 Å². The summed E-state index contributed by atoms with van der Waals surface area (Å²) in [7, 11) is 0. The summed E-state index contributed by atoms with van der Waals surface area (Å²) in [6.45, 7) is 5.81. The lowest BCUT2D eigenvalue weighted by molar-refractivity contribution is -0.138. The molecular formula is C31H29NO4. The number of hydrogen-bond donors (Lipinski definition) is 1. The molecule has 36 heavy (non-hydrogen) atoms. The lowest BCUT2D eigenvalue weighted by Gasteiger charge is -2.17. The minimum Gasteiger partial charge on any atom is -0.490 e. The Kier molecular flexibility index (Phi) is 8.14. The Morgan fingerprint density at radius 3 is 2.25 bits per heavy atom. The fraction of sp³-hybridized carbons (Fsp3) is 0.161. The second-order valence-electron chi connectivity index (χ2n) is 8.50. The molecule has 0 radical (unpaired) electrons. The zero-order valence-corrected chi connectivity index (χ0v) is 20.3. The molecule has 0 bridgehead atoms. The molecule has 0 saturated heterocycles. The molecule has 4 rings (SSSR count). The second-order valence-corrected chi connectivity index (χ2v) is 8.50. The number of benzene rings is 4. The largest absolute Gasteiger partial charge is 0.490 e. The molecule has 0 aliphatic carbocycles. The van der Waals surface area contributed by atoms with E-state index in [1.54, 1.807) is 0 Å². The van der Waals surface area contributed by atoms with Gasteiger partial charge in [0.1, 0.15) is 19.0 Å². The lowest BCUT2D eigenvalue weighted by atomic mass is 9.99. The lowest BCUT2D eigenvalue weighted by Crippen LogP contribution is -2.26. The van der Waals surface area contributed by atoms with Crippen molar-refractivity contribution in [3.8, 4) is 5.75 Å². The molecule has 0 fully saturated rings. The summed E-state index contributed by atoms with van der Waals surface area (Å²) in [5.74, 6) is 0.153. The molecule has 0 heterocycles. The number of esters is 1. The van der Waals surface area contributed by atoms with E-state index in [9.17, 15) is 9.59 Å². The van der Waals surface area contributed by atoms with Gasteiger partial charge in [0.05, 0.1) is 6.04 Å². The molecule has 5 nitrogen and oxygen atoms in total. The van der Waals surface area contributed by atoms with Crippen LogP contribution in [0, 0.1) is 0 Å². The van der Waals surface area contributed by atoms with Gasteiger partial charge in [-0.05, 0) is 65.1 Å². The highest BCUT2D eigenvalue weighted by Crippen LogP contribution is 2.24. The average molecular weight is 480 g/mol. The summed E-state index contributed by atoms with van der Waals surface area (Å²) < 4.78 is 10.5. The van der Waals surface area contributed by atoms with Crippen LogP contribution in [0.3, 0.4) is 0 Å². The number of fused-ring (bicyclic) bond motifs is 1. The second kappa shape index (κ2) is 11.8. The summed E-state index contributed by atoms with van der Waals surface area (Å²) in [4.78, 5) is 23.9. The normalized spacial score (nSPS) is 11.5. The molecule has 1 amide bonds. The van der Waals surface area contributed by atoms with Gasteiger partial charge >= 0.3 is 5.97 Å². The quantitative estimate of drug-likeness (QED) is 0.171. The van der Waals surface area contributed by atoms with Crippen molar-refractivity contribution in [2.75, 3.05) is 13.2 Å².